The second-order valence-corrected chi connectivity index (χ2v) is 9.07. The maximum absolute atomic E-state index is 13.0. The molecule has 0 radical (unpaired) electrons. The Labute approximate surface area is 173 Å². The largest absolute Gasteiger partial charge is 0.482 e. The molecule has 152 valence electrons. The first kappa shape index (κ1) is 19.7. The minimum absolute atomic E-state index is 0.0690. The number of rotatable bonds is 3. The third-order valence-corrected chi connectivity index (χ3v) is 6.99. The van der Waals surface area contributed by atoms with Crippen molar-refractivity contribution in [3.8, 4) is 5.75 Å². The number of anilines is 1. The highest BCUT2D eigenvalue weighted by molar-refractivity contribution is 7.89. The normalized spacial score (nSPS) is 17.3. The quantitative estimate of drug-likeness (QED) is 0.793. The SMILES string of the molecule is O=C1COc2ccc(S(=O)(=O)N3CCN(C(=O)c4ccc(Cl)cc4)CC3)cc2N1. The van der Waals surface area contributed by atoms with Gasteiger partial charge in [0.1, 0.15) is 5.75 Å². The summed E-state index contributed by atoms with van der Waals surface area (Å²) in [4.78, 5) is 25.8. The van der Waals surface area contributed by atoms with E-state index in [1.807, 2.05) is 0 Å². The summed E-state index contributed by atoms with van der Waals surface area (Å²) in [5, 5.41) is 3.16. The number of hydrogen-bond donors (Lipinski definition) is 1. The van der Waals surface area contributed by atoms with Crippen LogP contribution in [-0.4, -0.2) is 62.2 Å². The molecular weight excluding hydrogens is 418 g/mol. The van der Waals surface area contributed by atoms with Gasteiger partial charge in [-0.15, -0.1) is 0 Å². The van der Waals surface area contributed by atoms with E-state index in [1.54, 1.807) is 29.2 Å². The van der Waals surface area contributed by atoms with Crippen molar-refractivity contribution in [2.24, 2.45) is 0 Å². The second-order valence-electron chi connectivity index (χ2n) is 6.70. The summed E-state index contributed by atoms with van der Waals surface area (Å²) in [5.74, 6) is -0.0596. The van der Waals surface area contributed by atoms with Gasteiger partial charge in [-0.05, 0) is 42.5 Å². The number of nitrogens with one attached hydrogen (secondary N) is 1. The molecule has 8 nitrogen and oxygen atoms in total. The van der Waals surface area contributed by atoms with E-state index in [1.165, 1.54) is 22.5 Å². The summed E-state index contributed by atoms with van der Waals surface area (Å²) in [6.07, 6.45) is 0. The van der Waals surface area contributed by atoms with E-state index >= 15 is 0 Å². The van der Waals surface area contributed by atoms with Crippen molar-refractivity contribution in [3.63, 3.8) is 0 Å². The molecule has 0 saturated carbocycles. The van der Waals surface area contributed by atoms with Crippen molar-refractivity contribution in [2.45, 2.75) is 4.90 Å². The molecule has 1 N–H and O–H groups in total. The van der Waals surface area contributed by atoms with Crippen LogP contribution >= 0.6 is 11.6 Å². The number of fused-ring (bicyclic) bond motifs is 1. The topological polar surface area (TPSA) is 96.0 Å². The van der Waals surface area contributed by atoms with Crippen LogP contribution in [0.5, 0.6) is 5.75 Å². The molecule has 1 fully saturated rings. The van der Waals surface area contributed by atoms with E-state index in [0.29, 0.717) is 22.0 Å². The molecule has 0 aromatic heterocycles. The molecule has 0 atom stereocenters. The Hall–Kier alpha value is -2.62. The molecule has 1 saturated heterocycles. The maximum atomic E-state index is 13.0. The zero-order valence-corrected chi connectivity index (χ0v) is 16.9. The van der Waals surface area contributed by atoms with Gasteiger partial charge in [-0.2, -0.15) is 4.31 Å². The van der Waals surface area contributed by atoms with E-state index < -0.39 is 10.0 Å². The Morgan fingerprint density at radius 1 is 1.03 bits per heavy atom. The Bertz CT molecular complexity index is 1060. The lowest BCUT2D eigenvalue weighted by atomic mass is 10.2. The number of carbonyl (C=O) groups is 2. The highest BCUT2D eigenvalue weighted by Crippen LogP contribution is 2.31. The number of ether oxygens (including phenoxy) is 1. The van der Waals surface area contributed by atoms with E-state index in [0.717, 1.165) is 0 Å². The van der Waals surface area contributed by atoms with Gasteiger partial charge in [0.05, 0.1) is 10.6 Å². The van der Waals surface area contributed by atoms with Crippen LogP contribution in [0.1, 0.15) is 10.4 Å². The van der Waals surface area contributed by atoms with Crippen LogP contribution < -0.4 is 10.1 Å². The summed E-state index contributed by atoms with van der Waals surface area (Å²) in [6.45, 7) is 0.836. The number of piperazine rings is 1. The van der Waals surface area contributed by atoms with Crippen molar-refractivity contribution in [1.82, 2.24) is 9.21 Å². The molecule has 2 aliphatic heterocycles. The van der Waals surface area contributed by atoms with E-state index in [-0.39, 0.29) is 49.5 Å². The predicted molar refractivity (Wildman–Crippen MR) is 107 cm³/mol. The molecule has 2 aromatic carbocycles. The highest BCUT2D eigenvalue weighted by atomic mass is 35.5. The monoisotopic (exact) mass is 435 g/mol. The molecule has 0 unspecified atom stereocenters. The first-order chi connectivity index (χ1) is 13.8. The smallest absolute Gasteiger partial charge is 0.262 e. The van der Waals surface area contributed by atoms with Gasteiger partial charge >= 0.3 is 0 Å². The number of hydrogen-bond acceptors (Lipinski definition) is 5. The summed E-state index contributed by atoms with van der Waals surface area (Å²) in [7, 11) is -3.76. The Morgan fingerprint density at radius 2 is 1.72 bits per heavy atom. The Kier molecular flexibility index (Phi) is 5.20. The maximum Gasteiger partial charge on any atom is 0.262 e. The first-order valence-electron chi connectivity index (χ1n) is 8.96. The first-order valence-corrected chi connectivity index (χ1v) is 10.8. The number of sulfonamides is 1. The lowest BCUT2D eigenvalue weighted by molar-refractivity contribution is -0.118. The number of amides is 2. The van der Waals surface area contributed by atoms with Crippen molar-refractivity contribution in [3.05, 3.63) is 53.1 Å². The van der Waals surface area contributed by atoms with E-state index in [9.17, 15) is 18.0 Å². The van der Waals surface area contributed by atoms with Crippen molar-refractivity contribution >= 4 is 39.1 Å². The van der Waals surface area contributed by atoms with Gasteiger partial charge in [0.25, 0.3) is 11.8 Å². The van der Waals surface area contributed by atoms with E-state index in [2.05, 4.69) is 5.32 Å². The zero-order valence-electron chi connectivity index (χ0n) is 15.3. The molecule has 4 rings (SSSR count). The molecule has 0 aliphatic carbocycles. The zero-order chi connectivity index (χ0) is 20.6. The molecule has 2 aliphatic rings. The second kappa shape index (κ2) is 7.66. The highest BCUT2D eigenvalue weighted by Gasteiger charge is 2.31. The van der Waals surface area contributed by atoms with Crippen molar-refractivity contribution in [2.75, 3.05) is 38.1 Å². The minimum atomic E-state index is -3.76. The van der Waals surface area contributed by atoms with Gasteiger partial charge in [-0.1, -0.05) is 11.6 Å². The van der Waals surface area contributed by atoms with Crippen LogP contribution in [0, 0.1) is 0 Å². The number of carbonyl (C=O) groups excluding carboxylic acids is 2. The van der Waals surface area contributed by atoms with E-state index in [4.69, 9.17) is 16.3 Å². The van der Waals surface area contributed by atoms with Crippen molar-refractivity contribution < 1.29 is 22.7 Å². The fraction of sp³-hybridized carbons (Fsp3) is 0.263. The van der Waals surface area contributed by atoms with Gasteiger partial charge in [-0.25, -0.2) is 8.42 Å². The molecule has 10 heteroatoms. The van der Waals surface area contributed by atoms with Gasteiger partial charge < -0.3 is 15.0 Å². The molecule has 2 amide bonds. The van der Waals surface area contributed by atoms with Gasteiger partial charge in [0.2, 0.25) is 10.0 Å². The molecule has 29 heavy (non-hydrogen) atoms. The molecule has 0 spiro atoms. The number of benzene rings is 2. The third-order valence-electron chi connectivity index (χ3n) is 4.84. The summed E-state index contributed by atoms with van der Waals surface area (Å²) in [6, 6.07) is 11.0. The van der Waals surface area contributed by atoms with Crippen LogP contribution in [0.4, 0.5) is 5.69 Å². The molecule has 2 aromatic rings. The van der Waals surface area contributed by atoms with Crippen LogP contribution in [0.2, 0.25) is 5.02 Å². The lowest BCUT2D eigenvalue weighted by Gasteiger charge is -2.34. The van der Waals surface area contributed by atoms with Crippen LogP contribution in [0.15, 0.2) is 47.4 Å². The minimum Gasteiger partial charge on any atom is -0.482 e. The predicted octanol–water partition coefficient (Wildman–Crippen LogP) is 1.82. The van der Waals surface area contributed by atoms with Crippen molar-refractivity contribution in [1.29, 1.82) is 0 Å². The average Bonchev–Trinajstić information content (AvgIpc) is 2.73. The summed E-state index contributed by atoms with van der Waals surface area (Å²) < 4.78 is 32.6. The third kappa shape index (κ3) is 3.93. The number of halogens is 1. The standard InChI is InChI=1S/C19H18ClN3O5S/c20-14-3-1-13(2-4-14)19(25)22-7-9-23(10-8-22)29(26,27)15-5-6-17-16(11-15)21-18(24)12-28-17/h1-6,11H,7-10,12H2,(H,21,24). The van der Waals surface area contributed by atoms with Gasteiger partial charge in [-0.3, -0.25) is 9.59 Å². The van der Waals surface area contributed by atoms with Crippen LogP contribution in [-0.2, 0) is 14.8 Å². The van der Waals surface area contributed by atoms with Crippen LogP contribution in [0.3, 0.4) is 0 Å². The van der Waals surface area contributed by atoms with Gasteiger partial charge in [0, 0.05) is 36.8 Å². The Balaban J connectivity index is 1.46. The Morgan fingerprint density at radius 3 is 2.41 bits per heavy atom. The summed E-state index contributed by atoms with van der Waals surface area (Å²) >= 11 is 5.85. The molecule has 0 bridgehead atoms. The van der Waals surface area contributed by atoms with Crippen LogP contribution in [0.25, 0.3) is 0 Å². The average molecular weight is 436 g/mol. The molecular formula is C19H18ClN3O5S. The fourth-order valence-electron chi connectivity index (χ4n) is 3.28. The number of nitrogens with zero attached hydrogens (tertiary/aromatic N) is 2. The summed E-state index contributed by atoms with van der Waals surface area (Å²) in [5.41, 5.74) is 0.843. The lowest BCUT2D eigenvalue weighted by Crippen LogP contribution is -2.50. The molecule has 2 heterocycles. The fourth-order valence-corrected chi connectivity index (χ4v) is 4.85. The van der Waals surface area contributed by atoms with Gasteiger partial charge in [0.15, 0.2) is 6.61 Å².